The summed E-state index contributed by atoms with van der Waals surface area (Å²) in [6, 6.07) is 1.07. The zero-order valence-electron chi connectivity index (χ0n) is 10.2. The van der Waals surface area contributed by atoms with Crippen LogP contribution in [0.15, 0.2) is 0 Å². The largest absolute Gasteiger partial charge is 0.326 e. The van der Waals surface area contributed by atoms with Gasteiger partial charge < -0.3 is 5.73 Å². The van der Waals surface area contributed by atoms with E-state index in [0.29, 0.717) is 12.0 Å². The van der Waals surface area contributed by atoms with Gasteiger partial charge in [-0.25, -0.2) is 0 Å². The summed E-state index contributed by atoms with van der Waals surface area (Å²) >= 11 is 0. The van der Waals surface area contributed by atoms with Crippen LogP contribution >= 0.6 is 0 Å². The number of piperidine rings is 1. The van der Waals surface area contributed by atoms with Crippen LogP contribution in [-0.4, -0.2) is 30.1 Å². The Morgan fingerprint density at radius 2 is 1.93 bits per heavy atom. The first-order chi connectivity index (χ1) is 6.50. The molecule has 1 saturated heterocycles. The lowest BCUT2D eigenvalue weighted by Gasteiger charge is -2.38. The molecule has 1 aliphatic rings. The molecule has 1 rings (SSSR count). The first-order valence-electron chi connectivity index (χ1n) is 6.00. The minimum Gasteiger partial charge on any atom is -0.326 e. The van der Waals surface area contributed by atoms with Gasteiger partial charge in [0.1, 0.15) is 0 Å². The van der Waals surface area contributed by atoms with Crippen LogP contribution in [0.3, 0.4) is 0 Å². The Labute approximate surface area is 88.8 Å². The number of nitrogens with zero attached hydrogens (tertiary/aromatic N) is 1. The van der Waals surface area contributed by atoms with E-state index in [9.17, 15) is 0 Å². The molecule has 84 valence electrons. The minimum absolute atomic E-state index is 0.336. The molecule has 0 spiro atoms. The Bertz CT molecular complexity index is 168. The number of hydrogen-bond acceptors (Lipinski definition) is 2. The second-order valence-electron chi connectivity index (χ2n) is 5.39. The fourth-order valence-electron chi connectivity index (χ4n) is 2.12. The van der Waals surface area contributed by atoms with E-state index < -0.39 is 0 Å². The summed E-state index contributed by atoms with van der Waals surface area (Å²) < 4.78 is 0. The fourth-order valence-corrected chi connectivity index (χ4v) is 2.12. The molecule has 0 aromatic heterocycles. The quantitative estimate of drug-likeness (QED) is 0.752. The van der Waals surface area contributed by atoms with Gasteiger partial charge in [0.2, 0.25) is 0 Å². The first kappa shape index (κ1) is 12.0. The number of nitrogens with two attached hydrogens (primary N) is 1. The minimum atomic E-state index is 0.336. The van der Waals surface area contributed by atoms with Gasteiger partial charge in [0.25, 0.3) is 0 Å². The third-order valence-electron chi connectivity index (χ3n) is 3.55. The van der Waals surface area contributed by atoms with E-state index in [0.717, 1.165) is 18.5 Å². The van der Waals surface area contributed by atoms with Crippen molar-refractivity contribution in [3.8, 4) is 0 Å². The highest BCUT2D eigenvalue weighted by atomic mass is 15.2. The van der Waals surface area contributed by atoms with Crippen molar-refractivity contribution < 1.29 is 0 Å². The second-order valence-corrected chi connectivity index (χ2v) is 5.39. The molecule has 1 heterocycles. The van der Waals surface area contributed by atoms with Crippen molar-refractivity contribution in [3.05, 3.63) is 0 Å². The number of hydrogen-bond donors (Lipinski definition) is 1. The lowest BCUT2D eigenvalue weighted by atomic mass is 9.93. The Kier molecular flexibility index (Phi) is 4.39. The van der Waals surface area contributed by atoms with Crippen LogP contribution < -0.4 is 5.73 Å². The van der Waals surface area contributed by atoms with Gasteiger partial charge in [-0.3, -0.25) is 4.90 Å². The summed E-state index contributed by atoms with van der Waals surface area (Å²) in [4.78, 5) is 2.57. The van der Waals surface area contributed by atoms with Gasteiger partial charge in [0.05, 0.1) is 0 Å². The van der Waals surface area contributed by atoms with Crippen LogP contribution in [0, 0.1) is 11.8 Å². The summed E-state index contributed by atoms with van der Waals surface area (Å²) in [7, 11) is 0. The molecule has 0 amide bonds. The van der Waals surface area contributed by atoms with Gasteiger partial charge in [-0.15, -0.1) is 0 Å². The molecule has 2 unspecified atom stereocenters. The van der Waals surface area contributed by atoms with Crippen molar-refractivity contribution in [1.29, 1.82) is 0 Å². The fraction of sp³-hybridized carbons (Fsp3) is 1.00. The molecule has 0 bridgehead atoms. The maximum atomic E-state index is 6.11. The number of likely N-dealkylation sites (tertiary alicyclic amines) is 1. The summed E-state index contributed by atoms with van der Waals surface area (Å²) in [5, 5.41) is 0. The molecule has 0 radical (unpaired) electrons. The van der Waals surface area contributed by atoms with Crippen LogP contribution in [0.25, 0.3) is 0 Å². The van der Waals surface area contributed by atoms with E-state index in [4.69, 9.17) is 5.73 Å². The van der Waals surface area contributed by atoms with Gasteiger partial charge in [-0.1, -0.05) is 20.8 Å². The van der Waals surface area contributed by atoms with Crippen molar-refractivity contribution in [3.63, 3.8) is 0 Å². The lowest BCUT2D eigenvalue weighted by Crippen LogP contribution is -2.48. The van der Waals surface area contributed by atoms with Crippen molar-refractivity contribution in [2.24, 2.45) is 17.6 Å². The average molecular weight is 198 g/mol. The normalized spacial score (nSPS) is 32.1. The van der Waals surface area contributed by atoms with E-state index in [1.165, 1.54) is 19.4 Å². The number of rotatable bonds is 3. The second kappa shape index (κ2) is 5.13. The maximum absolute atomic E-state index is 6.11. The molecular weight excluding hydrogens is 172 g/mol. The van der Waals surface area contributed by atoms with Crippen molar-refractivity contribution in [2.75, 3.05) is 13.1 Å². The molecule has 3 atom stereocenters. The zero-order valence-corrected chi connectivity index (χ0v) is 10.2. The predicted octanol–water partition coefficient (Wildman–Crippen LogP) is 2.09. The summed E-state index contributed by atoms with van der Waals surface area (Å²) in [5.74, 6) is 1.45. The molecule has 1 fully saturated rings. The third-order valence-corrected chi connectivity index (χ3v) is 3.55. The molecular formula is C12H26N2. The van der Waals surface area contributed by atoms with Crippen LogP contribution in [0.2, 0.25) is 0 Å². The molecule has 2 nitrogen and oxygen atoms in total. The molecule has 0 saturated carbocycles. The smallest absolute Gasteiger partial charge is 0.0191 e. The summed E-state index contributed by atoms with van der Waals surface area (Å²) in [6.45, 7) is 11.4. The first-order valence-corrected chi connectivity index (χ1v) is 6.00. The SMILES string of the molecule is CC1CCC(C)N(C[C@H](N)C(C)C)C1. The lowest BCUT2D eigenvalue weighted by molar-refractivity contribution is 0.111. The highest BCUT2D eigenvalue weighted by Gasteiger charge is 2.24. The Morgan fingerprint density at radius 1 is 1.29 bits per heavy atom. The van der Waals surface area contributed by atoms with E-state index >= 15 is 0 Å². The van der Waals surface area contributed by atoms with Gasteiger partial charge in [-0.05, 0) is 31.6 Å². The van der Waals surface area contributed by atoms with E-state index in [1.807, 2.05) is 0 Å². The molecule has 0 aromatic rings. The predicted molar refractivity (Wildman–Crippen MR) is 62.2 cm³/mol. The summed E-state index contributed by atoms with van der Waals surface area (Å²) in [6.07, 6.45) is 2.72. The highest BCUT2D eigenvalue weighted by Crippen LogP contribution is 2.21. The molecule has 0 aromatic carbocycles. The van der Waals surface area contributed by atoms with Crippen LogP contribution in [-0.2, 0) is 0 Å². The Morgan fingerprint density at radius 3 is 2.50 bits per heavy atom. The highest BCUT2D eigenvalue weighted by molar-refractivity contribution is 4.80. The van der Waals surface area contributed by atoms with Crippen molar-refractivity contribution in [1.82, 2.24) is 4.90 Å². The molecule has 1 aliphatic heterocycles. The molecule has 2 heteroatoms. The zero-order chi connectivity index (χ0) is 10.7. The standard InChI is InChI=1S/C12H26N2/c1-9(2)12(13)8-14-7-10(3)5-6-11(14)4/h9-12H,5-8,13H2,1-4H3/t10?,11?,12-/m0/s1. The maximum Gasteiger partial charge on any atom is 0.0191 e. The Hall–Kier alpha value is -0.0800. The Balaban J connectivity index is 2.41. The average Bonchev–Trinajstić information content (AvgIpc) is 2.11. The molecule has 2 N–H and O–H groups in total. The van der Waals surface area contributed by atoms with Crippen LogP contribution in [0.4, 0.5) is 0 Å². The van der Waals surface area contributed by atoms with Gasteiger partial charge in [-0.2, -0.15) is 0 Å². The monoisotopic (exact) mass is 198 g/mol. The van der Waals surface area contributed by atoms with E-state index in [-0.39, 0.29) is 0 Å². The third kappa shape index (κ3) is 3.25. The van der Waals surface area contributed by atoms with Crippen molar-refractivity contribution in [2.45, 2.75) is 52.6 Å². The topological polar surface area (TPSA) is 29.3 Å². The van der Waals surface area contributed by atoms with Gasteiger partial charge in [0, 0.05) is 25.2 Å². The van der Waals surface area contributed by atoms with E-state index in [2.05, 4.69) is 32.6 Å². The van der Waals surface area contributed by atoms with Gasteiger partial charge in [0.15, 0.2) is 0 Å². The van der Waals surface area contributed by atoms with E-state index in [1.54, 1.807) is 0 Å². The van der Waals surface area contributed by atoms with Crippen LogP contribution in [0.1, 0.15) is 40.5 Å². The van der Waals surface area contributed by atoms with Gasteiger partial charge >= 0.3 is 0 Å². The van der Waals surface area contributed by atoms with Crippen molar-refractivity contribution >= 4 is 0 Å². The summed E-state index contributed by atoms with van der Waals surface area (Å²) in [5.41, 5.74) is 6.11. The molecule has 0 aliphatic carbocycles. The van der Waals surface area contributed by atoms with Crippen LogP contribution in [0.5, 0.6) is 0 Å². The molecule has 14 heavy (non-hydrogen) atoms.